The van der Waals surface area contributed by atoms with Crippen molar-refractivity contribution >= 4 is 11.9 Å². The summed E-state index contributed by atoms with van der Waals surface area (Å²) in [6.07, 6.45) is 1.35. The second-order valence-corrected chi connectivity index (χ2v) is 5.28. The van der Waals surface area contributed by atoms with Crippen molar-refractivity contribution in [2.45, 2.75) is 53.4 Å². The molecule has 0 aliphatic heterocycles. The van der Waals surface area contributed by atoms with Crippen LogP contribution in [0.1, 0.15) is 53.4 Å². The molecule has 0 aromatic rings. The van der Waals surface area contributed by atoms with Gasteiger partial charge in [0.2, 0.25) is 0 Å². The summed E-state index contributed by atoms with van der Waals surface area (Å²) in [6, 6.07) is 0. The van der Waals surface area contributed by atoms with Crippen molar-refractivity contribution in [3.05, 3.63) is 0 Å². The molecule has 0 aromatic heterocycles. The van der Waals surface area contributed by atoms with Crippen molar-refractivity contribution in [3.63, 3.8) is 0 Å². The molecular formula is C12H22O4. The monoisotopic (exact) mass is 230 g/mol. The Morgan fingerprint density at radius 3 is 1.81 bits per heavy atom. The summed E-state index contributed by atoms with van der Waals surface area (Å²) in [4.78, 5) is 22.1. The number of hydrogen-bond donors (Lipinski definition) is 2. The summed E-state index contributed by atoms with van der Waals surface area (Å²) in [6.45, 7) is 7.50. The van der Waals surface area contributed by atoms with Gasteiger partial charge in [0, 0.05) is 6.42 Å². The Morgan fingerprint density at radius 1 is 1.06 bits per heavy atom. The maximum atomic E-state index is 11.5. The normalized spacial score (nSPS) is 15.5. The van der Waals surface area contributed by atoms with Gasteiger partial charge in [-0.2, -0.15) is 0 Å². The van der Waals surface area contributed by atoms with E-state index in [1.165, 1.54) is 0 Å². The first-order valence-electron chi connectivity index (χ1n) is 5.62. The Balaban J connectivity index is 5.10. The van der Waals surface area contributed by atoms with E-state index in [2.05, 4.69) is 0 Å². The molecule has 0 aliphatic rings. The fraction of sp³-hybridized carbons (Fsp3) is 0.833. The van der Waals surface area contributed by atoms with Crippen molar-refractivity contribution in [2.75, 3.05) is 0 Å². The number of carbonyl (C=O) groups is 2. The predicted octanol–water partition coefficient (Wildman–Crippen LogP) is 2.77. The molecule has 4 nitrogen and oxygen atoms in total. The average molecular weight is 230 g/mol. The molecule has 0 fully saturated rings. The average Bonchev–Trinajstić information content (AvgIpc) is 2.09. The highest BCUT2D eigenvalue weighted by atomic mass is 16.4. The molecule has 1 atom stereocenters. The van der Waals surface area contributed by atoms with E-state index in [4.69, 9.17) is 5.11 Å². The fourth-order valence-corrected chi connectivity index (χ4v) is 2.16. The lowest BCUT2D eigenvalue weighted by Gasteiger charge is -2.41. The van der Waals surface area contributed by atoms with Gasteiger partial charge in [0.15, 0.2) is 0 Å². The van der Waals surface area contributed by atoms with Crippen LogP contribution in [0.15, 0.2) is 0 Å². The van der Waals surface area contributed by atoms with Gasteiger partial charge in [0.05, 0.1) is 5.41 Å². The highest BCUT2D eigenvalue weighted by Crippen LogP contribution is 2.46. The highest BCUT2D eigenvalue weighted by Gasteiger charge is 2.47. The predicted molar refractivity (Wildman–Crippen MR) is 61.3 cm³/mol. The van der Waals surface area contributed by atoms with Crippen molar-refractivity contribution < 1.29 is 19.8 Å². The molecule has 0 aliphatic carbocycles. The molecule has 0 saturated carbocycles. The second-order valence-electron chi connectivity index (χ2n) is 5.28. The van der Waals surface area contributed by atoms with Gasteiger partial charge in [-0.3, -0.25) is 9.59 Å². The molecule has 94 valence electrons. The third-order valence-corrected chi connectivity index (χ3v) is 3.29. The zero-order valence-electron chi connectivity index (χ0n) is 10.5. The van der Waals surface area contributed by atoms with Gasteiger partial charge >= 0.3 is 11.9 Å². The largest absolute Gasteiger partial charge is 0.481 e. The molecule has 0 saturated heterocycles. The highest BCUT2D eigenvalue weighted by molar-refractivity contribution is 5.77. The van der Waals surface area contributed by atoms with E-state index in [0.717, 1.165) is 6.42 Å². The molecule has 0 rings (SSSR count). The molecule has 2 N–H and O–H groups in total. The van der Waals surface area contributed by atoms with Gasteiger partial charge in [0.1, 0.15) is 0 Å². The van der Waals surface area contributed by atoms with Crippen LogP contribution < -0.4 is 0 Å². The van der Waals surface area contributed by atoms with Gasteiger partial charge in [-0.1, -0.05) is 34.1 Å². The summed E-state index contributed by atoms with van der Waals surface area (Å²) in [5.74, 6) is -1.82. The summed E-state index contributed by atoms with van der Waals surface area (Å²) >= 11 is 0. The van der Waals surface area contributed by atoms with Crippen LogP contribution in [0.25, 0.3) is 0 Å². The van der Waals surface area contributed by atoms with Crippen LogP contribution in [-0.2, 0) is 9.59 Å². The van der Waals surface area contributed by atoms with E-state index in [1.807, 2.05) is 27.7 Å². The SMILES string of the molecule is CCCC(CCC(=O)O)(C(=O)O)C(C)(C)C. The summed E-state index contributed by atoms with van der Waals surface area (Å²) in [5, 5.41) is 18.1. The first-order valence-corrected chi connectivity index (χ1v) is 5.62. The first kappa shape index (κ1) is 14.9. The molecule has 0 amide bonds. The van der Waals surface area contributed by atoms with Gasteiger partial charge in [-0.25, -0.2) is 0 Å². The third kappa shape index (κ3) is 3.22. The lowest BCUT2D eigenvalue weighted by molar-refractivity contribution is -0.159. The zero-order chi connectivity index (χ0) is 13.0. The Bertz CT molecular complexity index is 265. The molecule has 0 aromatic carbocycles. The summed E-state index contributed by atoms with van der Waals surface area (Å²) in [5.41, 5.74) is -1.38. The van der Waals surface area contributed by atoms with E-state index in [0.29, 0.717) is 6.42 Å². The molecule has 0 heterocycles. The number of rotatable bonds is 6. The molecule has 0 radical (unpaired) electrons. The van der Waals surface area contributed by atoms with Crippen molar-refractivity contribution in [1.29, 1.82) is 0 Å². The number of carboxylic acid groups (broad SMARTS) is 2. The lowest BCUT2D eigenvalue weighted by atomic mass is 9.62. The topological polar surface area (TPSA) is 74.6 Å². The molecule has 4 heteroatoms. The van der Waals surface area contributed by atoms with E-state index in [1.54, 1.807) is 0 Å². The Morgan fingerprint density at radius 2 is 1.56 bits per heavy atom. The van der Waals surface area contributed by atoms with E-state index >= 15 is 0 Å². The third-order valence-electron chi connectivity index (χ3n) is 3.29. The van der Waals surface area contributed by atoms with Crippen LogP contribution in [0.2, 0.25) is 0 Å². The van der Waals surface area contributed by atoms with E-state index in [-0.39, 0.29) is 12.8 Å². The second kappa shape index (κ2) is 5.32. The van der Waals surface area contributed by atoms with Crippen LogP contribution in [0.3, 0.4) is 0 Å². The molecular weight excluding hydrogens is 208 g/mol. The van der Waals surface area contributed by atoms with Crippen LogP contribution in [0.5, 0.6) is 0 Å². The molecule has 16 heavy (non-hydrogen) atoms. The molecule has 0 spiro atoms. The van der Waals surface area contributed by atoms with Crippen molar-refractivity contribution in [1.82, 2.24) is 0 Å². The summed E-state index contributed by atoms with van der Waals surface area (Å²) in [7, 11) is 0. The van der Waals surface area contributed by atoms with Gasteiger partial charge in [0.25, 0.3) is 0 Å². The Hall–Kier alpha value is -1.06. The standard InChI is InChI=1S/C12H22O4/c1-5-7-12(10(15)16,11(2,3)4)8-6-9(13)14/h5-8H2,1-4H3,(H,13,14)(H,15,16). The molecule has 1 unspecified atom stereocenters. The molecule has 0 bridgehead atoms. The van der Waals surface area contributed by atoms with E-state index in [9.17, 15) is 14.7 Å². The minimum atomic E-state index is -0.944. The van der Waals surface area contributed by atoms with E-state index < -0.39 is 22.8 Å². The maximum Gasteiger partial charge on any atom is 0.310 e. The first-order chi connectivity index (χ1) is 7.17. The van der Waals surface area contributed by atoms with Gasteiger partial charge in [-0.15, -0.1) is 0 Å². The number of hydrogen-bond acceptors (Lipinski definition) is 2. The Labute approximate surface area is 96.7 Å². The van der Waals surface area contributed by atoms with Crippen LogP contribution in [0.4, 0.5) is 0 Å². The minimum absolute atomic E-state index is 0.0937. The quantitative estimate of drug-likeness (QED) is 0.735. The van der Waals surface area contributed by atoms with Crippen molar-refractivity contribution in [2.24, 2.45) is 10.8 Å². The van der Waals surface area contributed by atoms with Gasteiger partial charge in [-0.05, 0) is 18.3 Å². The van der Waals surface area contributed by atoms with Crippen molar-refractivity contribution in [3.8, 4) is 0 Å². The van der Waals surface area contributed by atoms with Crippen LogP contribution in [-0.4, -0.2) is 22.2 Å². The zero-order valence-corrected chi connectivity index (χ0v) is 10.5. The minimum Gasteiger partial charge on any atom is -0.481 e. The maximum absolute atomic E-state index is 11.5. The smallest absolute Gasteiger partial charge is 0.310 e. The fourth-order valence-electron chi connectivity index (χ4n) is 2.16. The number of aliphatic carboxylic acids is 2. The summed E-state index contributed by atoms with van der Waals surface area (Å²) < 4.78 is 0. The number of carboxylic acids is 2. The lowest BCUT2D eigenvalue weighted by Crippen LogP contribution is -2.43. The van der Waals surface area contributed by atoms with Crippen LogP contribution >= 0.6 is 0 Å². The Kier molecular flexibility index (Phi) is 4.97. The van der Waals surface area contributed by atoms with Gasteiger partial charge < -0.3 is 10.2 Å². The van der Waals surface area contributed by atoms with Crippen LogP contribution in [0, 0.1) is 10.8 Å².